The summed E-state index contributed by atoms with van der Waals surface area (Å²) in [7, 11) is -2.94. The molecule has 1 aromatic carbocycles. The molecule has 4 rings (SSSR count). The fourth-order valence-corrected chi connectivity index (χ4v) is 6.34. The van der Waals surface area contributed by atoms with E-state index in [-0.39, 0.29) is 0 Å². The molecular formula is C20H25N3O3S2. The zero-order valence-electron chi connectivity index (χ0n) is 16.4. The number of aromatic nitrogens is 1. The van der Waals surface area contributed by atoms with Gasteiger partial charge >= 0.3 is 6.03 Å². The molecule has 6 nitrogen and oxygen atoms in total. The molecule has 0 saturated carbocycles. The number of rotatable bonds is 3. The minimum absolute atomic E-state index is 0.392. The molecule has 2 aliphatic rings. The summed E-state index contributed by atoms with van der Waals surface area (Å²) in [6.07, 6.45) is 9.10. The van der Waals surface area contributed by atoms with Crippen LogP contribution in [0.2, 0.25) is 0 Å². The van der Waals surface area contributed by atoms with E-state index in [2.05, 4.69) is 20.7 Å². The molecule has 0 saturated heterocycles. The zero-order chi connectivity index (χ0) is 20.1. The lowest BCUT2D eigenvalue weighted by molar-refractivity contribution is 0.0783. The fraction of sp³-hybridized carbons (Fsp3) is 0.500. The van der Waals surface area contributed by atoms with Crippen LogP contribution in [0.1, 0.15) is 54.0 Å². The van der Waals surface area contributed by atoms with E-state index in [1.165, 1.54) is 34.7 Å². The number of nitrogens with zero attached hydrogens (tertiary/aromatic N) is 2. The van der Waals surface area contributed by atoms with Crippen LogP contribution >= 0.6 is 11.3 Å². The van der Waals surface area contributed by atoms with Crippen LogP contribution in [0.3, 0.4) is 0 Å². The molecule has 8 heteroatoms. The van der Waals surface area contributed by atoms with Crippen molar-refractivity contribution < 1.29 is 14.1 Å². The summed E-state index contributed by atoms with van der Waals surface area (Å²) in [4.78, 5) is 16.8. The quantitative estimate of drug-likeness (QED) is 0.785. The van der Waals surface area contributed by atoms with E-state index in [4.69, 9.17) is 0 Å². The van der Waals surface area contributed by atoms with Crippen LogP contribution in [-0.2, 0) is 41.0 Å². The molecule has 0 bridgehead atoms. The number of thiazole rings is 1. The molecule has 1 aromatic heterocycles. The molecule has 2 aliphatic carbocycles. The summed E-state index contributed by atoms with van der Waals surface area (Å²) in [5.41, 5.74) is 4.86. The van der Waals surface area contributed by atoms with Crippen molar-refractivity contribution in [2.45, 2.75) is 62.2 Å². The SMILES string of the molecule is CC(C)(O)c1ncc(S(C)(=O)=NC(=O)Nc2c3c(cc4c2CCC4)CCC3)s1. The van der Waals surface area contributed by atoms with Gasteiger partial charge in [-0.15, -0.1) is 15.7 Å². The normalized spacial score (nSPS) is 17.7. The first-order valence-corrected chi connectivity index (χ1v) is 12.3. The minimum Gasteiger partial charge on any atom is -0.383 e. The lowest BCUT2D eigenvalue weighted by atomic mass is 9.99. The smallest absolute Gasteiger partial charge is 0.353 e. The standard InChI is InChI=1S/C20H25N3O3S2/c1-20(2,25)18-21-11-16(27-18)28(3,26)23-19(24)22-17-14-8-4-6-12(14)10-13-7-5-9-15(13)17/h10-11,25H,4-9H2,1-3H3,(H,22,24). The lowest BCUT2D eigenvalue weighted by Crippen LogP contribution is -2.14. The zero-order valence-corrected chi connectivity index (χ0v) is 18.0. The van der Waals surface area contributed by atoms with Crippen molar-refractivity contribution in [1.82, 2.24) is 4.98 Å². The van der Waals surface area contributed by atoms with Gasteiger partial charge in [-0.3, -0.25) is 0 Å². The first-order chi connectivity index (χ1) is 13.1. The van der Waals surface area contributed by atoms with Crippen molar-refractivity contribution >= 4 is 32.8 Å². The molecule has 1 unspecified atom stereocenters. The Balaban J connectivity index is 1.65. The monoisotopic (exact) mass is 419 g/mol. The predicted molar refractivity (Wildman–Crippen MR) is 112 cm³/mol. The number of fused-ring (bicyclic) bond motifs is 2. The van der Waals surface area contributed by atoms with Gasteiger partial charge in [0.2, 0.25) is 0 Å². The Bertz CT molecular complexity index is 1040. The highest BCUT2D eigenvalue weighted by atomic mass is 32.2. The second kappa shape index (κ2) is 6.93. The van der Waals surface area contributed by atoms with Crippen molar-refractivity contribution in [2.24, 2.45) is 4.36 Å². The Morgan fingerprint density at radius 1 is 1.21 bits per heavy atom. The van der Waals surface area contributed by atoms with Crippen molar-refractivity contribution in [3.05, 3.63) is 39.5 Å². The number of benzene rings is 1. The van der Waals surface area contributed by atoms with Gasteiger partial charge in [-0.25, -0.2) is 14.0 Å². The van der Waals surface area contributed by atoms with E-state index in [0.717, 1.165) is 55.5 Å². The van der Waals surface area contributed by atoms with Crippen LogP contribution in [0.4, 0.5) is 10.5 Å². The fourth-order valence-electron chi connectivity index (χ4n) is 4.02. The molecule has 2 N–H and O–H groups in total. The molecule has 0 fully saturated rings. The van der Waals surface area contributed by atoms with E-state index in [9.17, 15) is 14.1 Å². The highest BCUT2D eigenvalue weighted by Gasteiger charge is 2.26. The van der Waals surface area contributed by atoms with Gasteiger partial charge < -0.3 is 10.4 Å². The average molecular weight is 420 g/mol. The second-order valence-electron chi connectivity index (χ2n) is 8.10. The number of anilines is 1. The Morgan fingerprint density at radius 2 is 1.82 bits per heavy atom. The number of carbonyl (C=O) groups is 1. The molecule has 2 aromatic rings. The van der Waals surface area contributed by atoms with Crippen LogP contribution in [-0.4, -0.2) is 26.6 Å². The second-order valence-corrected chi connectivity index (χ2v) is 11.6. The molecule has 0 aliphatic heterocycles. The molecule has 0 radical (unpaired) electrons. The maximum absolute atomic E-state index is 13.1. The molecular weight excluding hydrogens is 394 g/mol. The van der Waals surface area contributed by atoms with Crippen LogP contribution < -0.4 is 5.32 Å². The van der Waals surface area contributed by atoms with Gasteiger partial charge in [0.1, 0.15) is 14.8 Å². The van der Waals surface area contributed by atoms with Crippen molar-refractivity contribution in [1.29, 1.82) is 0 Å². The number of urea groups is 1. The number of nitrogens with one attached hydrogen (secondary N) is 1. The number of hydrogen-bond acceptors (Lipinski definition) is 5. The predicted octanol–water partition coefficient (Wildman–Crippen LogP) is 4.04. The highest BCUT2D eigenvalue weighted by molar-refractivity contribution is 7.95. The molecule has 1 atom stereocenters. The van der Waals surface area contributed by atoms with Gasteiger partial charge in [-0.2, -0.15) is 0 Å². The Morgan fingerprint density at radius 3 is 2.36 bits per heavy atom. The van der Waals surface area contributed by atoms with E-state index >= 15 is 0 Å². The van der Waals surface area contributed by atoms with E-state index in [0.29, 0.717) is 9.22 Å². The summed E-state index contributed by atoms with van der Waals surface area (Å²) >= 11 is 1.12. The van der Waals surface area contributed by atoms with Crippen LogP contribution in [0.5, 0.6) is 0 Å². The summed E-state index contributed by atoms with van der Waals surface area (Å²) < 4.78 is 17.4. The van der Waals surface area contributed by atoms with Gasteiger partial charge in [0.25, 0.3) is 0 Å². The van der Waals surface area contributed by atoms with Crippen molar-refractivity contribution in [3.63, 3.8) is 0 Å². The number of aryl methyl sites for hydroxylation is 2. The first kappa shape index (κ1) is 19.5. The van der Waals surface area contributed by atoms with Crippen molar-refractivity contribution in [3.8, 4) is 0 Å². The van der Waals surface area contributed by atoms with Crippen LogP contribution in [0.15, 0.2) is 20.8 Å². The van der Waals surface area contributed by atoms with Crippen LogP contribution in [0, 0.1) is 0 Å². The largest absolute Gasteiger partial charge is 0.383 e. The number of aliphatic hydroxyl groups is 1. The molecule has 28 heavy (non-hydrogen) atoms. The maximum atomic E-state index is 13.1. The Hall–Kier alpha value is -1.77. The number of amides is 2. The number of hydrogen-bond donors (Lipinski definition) is 2. The molecule has 150 valence electrons. The summed E-state index contributed by atoms with van der Waals surface area (Å²) in [5.74, 6) is 0. The maximum Gasteiger partial charge on any atom is 0.353 e. The third-order valence-electron chi connectivity index (χ3n) is 5.34. The van der Waals surface area contributed by atoms with Crippen LogP contribution in [0.25, 0.3) is 0 Å². The number of carbonyl (C=O) groups excluding carboxylic acids is 1. The van der Waals surface area contributed by atoms with Gasteiger partial charge in [0, 0.05) is 11.9 Å². The lowest BCUT2D eigenvalue weighted by Gasteiger charge is -2.15. The van der Waals surface area contributed by atoms with Gasteiger partial charge in [0.05, 0.1) is 15.9 Å². The van der Waals surface area contributed by atoms with Gasteiger partial charge in [0.15, 0.2) is 0 Å². The van der Waals surface area contributed by atoms with E-state index in [1.807, 2.05) is 0 Å². The Kier molecular flexibility index (Phi) is 4.84. The Labute approximate surface area is 169 Å². The summed E-state index contributed by atoms with van der Waals surface area (Å²) in [5, 5.41) is 13.5. The van der Waals surface area contributed by atoms with Gasteiger partial charge in [-0.05, 0) is 74.6 Å². The third-order valence-corrected chi connectivity index (χ3v) is 8.99. The van der Waals surface area contributed by atoms with Gasteiger partial charge in [-0.1, -0.05) is 6.07 Å². The third kappa shape index (κ3) is 3.60. The molecule has 0 spiro atoms. The topological polar surface area (TPSA) is 91.7 Å². The first-order valence-electron chi connectivity index (χ1n) is 9.53. The summed E-state index contributed by atoms with van der Waals surface area (Å²) in [6.45, 7) is 3.24. The van der Waals surface area contributed by atoms with E-state index in [1.54, 1.807) is 13.8 Å². The molecule has 2 amide bonds. The average Bonchev–Trinajstić information content (AvgIpc) is 3.33. The van der Waals surface area contributed by atoms with E-state index < -0.39 is 21.4 Å². The minimum atomic E-state index is -2.94. The van der Waals surface area contributed by atoms with Crippen molar-refractivity contribution in [2.75, 3.05) is 11.6 Å². The highest BCUT2D eigenvalue weighted by Crippen LogP contribution is 2.38. The molecule has 1 heterocycles. The summed E-state index contributed by atoms with van der Waals surface area (Å²) in [6, 6.07) is 1.72.